The van der Waals surface area contributed by atoms with Crippen LogP contribution >= 0.6 is 0 Å². The van der Waals surface area contributed by atoms with Crippen LogP contribution in [0.4, 0.5) is 5.69 Å². The molecule has 0 radical (unpaired) electrons. The van der Waals surface area contributed by atoms with Gasteiger partial charge < -0.3 is 10.2 Å². The average Bonchev–Trinajstić information content (AvgIpc) is 2.99. The zero-order valence-electron chi connectivity index (χ0n) is 9.97. The van der Waals surface area contributed by atoms with E-state index in [1.165, 1.54) is 0 Å². The molecule has 2 N–H and O–H groups in total. The normalized spacial score (nSPS) is 15.4. The lowest BCUT2D eigenvalue weighted by Gasteiger charge is -1.96. The van der Waals surface area contributed by atoms with Gasteiger partial charge in [0.05, 0.1) is 11.4 Å². The fraction of sp³-hybridized carbons (Fsp3) is 0.545. The maximum Gasteiger partial charge on any atom is 0.268 e. The van der Waals surface area contributed by atoms with Crippen LogP contribution in [0.1, 0.15) is 37.3 Å². The number of anilines is 1. The van der Waals surface area contributed by atoms with Crippen LogP contribution < -0.4 is 5.73 Å². The Morgan fingerprint density at radius 2 is 2.18 bits per heavy atom. The Balaban J connectivity index is 2.04. The highest BCUT2D eigenvalue weighted by Gasteiger charge is 2.30. The van der Waals surface area contributed by atoms with Crippen molar-refractivity contribution in [3.63, 3.8) is 0 Å². The van der Waals surface area contributed by atoms with Crippen LogP contribution in [0.3, 0.4) is 0 Å². The molecule has 0 amide bonds. The summed E-state index contributed by atoms with van der Waals surface area (Å²) in [5.41, 5.74) is 8.27. The van der Waals surface area contributed by atoms with Gasteiger partial charge in [-0.25, -0.2) is 0 Å². The highest BCUT2D eigenvalue weighted by molar-refractivity contribution is 5.68. The number of nitrogens with zero attached hydrogens (tertiary/aromatic N) is 4. The smallest absolute Gasteiger partial charge is 0.268 e. The van der Waals surface area contributed by atoms with Gasteiger partial charge in [0, 0.05) is 13.0 Å². The lowest BCUT2D eigenvalue weighted by Crippen LogP contribution is -1.95. The highest BCUT2D eigenvalue weighted by atomic mass is 16.4. The van der Waals surface area contributed by atoms with Crippen LogP contribution in [0, 0.1) is 0 Å². The van der Waals surface area contributed by atoms with Gasteiger partial charge in [-0.15, -0.1) is 10.2 Å². The molecule has 0 bridgehead atoms. The zero-order valence-corrected chi connectivity index (χ0v) is 9.97. The summed E-state index contributed by atoms with van der Waals surface area (Å²) in [4.78, 5) is 0. The largest absolute Gasteiger partial charge is 0.419 e. The van der Waals surface area contributed by atoms with E-state index in [4.69, 9.17) is 10.2 Å². The molecule has 1 fully saturated rings. The second-order valence-corrected chi connectivity index (χ2v) is 4.41. The van der Waals surface area contributed by atoms with Gasteiger partial charge in [0.25, 0.3) is 5.89 Å². The van der Waals surface area contributed by atoms with E-state index in [2.05, 4.69) is 15.3 Å². The Labute approximate surface area is 98.8 Å². The molecule has 0 saturated heterocycles. The van der Waals surface area contributed by atoms with Gasteiger partial charge in [0.15, 0.2) is 0 Å². The summed E-state index contributed by atoms with van der Waals surface area (Å²) in [6.45, 7) is 2.02. The first-order valence-corrected chi connectivity index (χ1v) is 5.85. The molecule has 6 nitrogen and oxygen atoms in total. The minimum Gasteiger partial charge on any atom is -0.419 e. The number of rotatable bonds is 3. The molecule has 17 heavy (non-hydrogen) atoms. The van der Waals surface area contributed by atoms with Crippen molar-refractivity contribution in [1.82, 2.24) is 20.0 Å². The number of hydrogen-bond donors (Lipinski definition) is 1. The van der Waals surface area contributed by atoms with Crippen LogP contribution in [0.15, 0.2) is 4.42 Å². The Hall–Kier alpha value is -1.85. The molecule has 0 atom stereocenters. The van der Waals surface area contributed by atoms with Crippen molar-refractivity contribution in [2.45, 2.75) is 32.1 Å². The zero-order chi connectivity index (χ0) is 12.0. The van der Waals surface area contributed by atoms with Crippen molar-refractivity contribution in [1.29, 1.82) is 0 Å². The second-order valence-electron chi connectivity index (χ2n) is 4.41. The molecule has 1 aliphatic carbocycles. The average molecular weight is 233 g/mol. The monoisotopic (exact) mass is 233 g/mol. The lowest BCUT2D eigenvalue weighted by molar-refractivity contribution is 0.503. The van der Waals surface area contributed by atoms with E-state index in [-0.39, 0.29) is 0 Å². The molecule has 0 unspecified atom stereocenters. The lowest BCUT2D eigenvalue weighted by atomic mass is 10.2. The molecule has 6 heteroatoms. The third-order valence-corrected chi connectivity index (χ3v) is 3.07. The molecule has 1 saturated carbocycles. The van der Waals surface area contributed by atoms with Gasteiger partial charge in [0.2, 0.25) is 5.89 Å². The number of aryl methyl sites for hydroxylation is 2. The van der Waals surface area contributed by atoms with Crippen molar-refractivity contribution in [2.24, 2.45) is 7.05 Å². The summed E-state index contributed by atoms with van der Waals surface area (Å²) >= 11 is 0. The van der Waals surface area contributed by atoms with E-state index in [0.29, 0.717) is 17.5 Å². The summed E-state index contributed by atoms with van der Waals surface area (Å²) < 4.78 is 7.36. The molecule has 0 spiro atoms. The van der Waals surface area contributed by atoms with Crippen molar-refractivity contribution in [2.75, 3.05) is 5.73 Å². The fourth-order valence-corrected chi connectivity index (χ4v) is 1.94. The minimum absolute atomic E-state index is 0.455. The number of nitrogen functional groups attached to an aromatic ring is 1. The number of hydrogen-bond acceptors (Lipinski definition) is 5. The van der Waals surface area contributed by atoms with E-state index in [1.807, 2.05) is 14.0 Å². The maximum atomic E-state index is 6.04. The Kier molecular flexibility index (Phi) is 2.17. The highest BCUT2D eigenvalue weighted by Crippen LogP contribution is 2.40. The molecule has 2 aromatic heterocycles. The first-order chi connectivity index (χ1) is 8.20. The fourth-order valence-electron chi connectivity index (χ4n) is 1.94. The van der Waals surface area contributed by atoms with Crippen LogP contribution in [-0.2, 0) is 13.5 Å². The third kappa shape index (κ3) is 1.60. The van der Waals surface area contributed by atoms with Crippen LogP contribution in [0.25, 0.3) is 11.6 Å². The number of nitrogens with two attached hydrogens (primary N) is 1. The summed E-state index contributed by atoms with van der Waals surface area (Å²) in [7, 11) is 1.84. The maximum absolute atomic E-state index is 6.04. The SMILES string of the molecule is CCc1nn(C)c(-c2nnc(C3CC3)o2)c1N. The second kappa shape index (κ2) is 3.58. The van der Waals surface area contributed by atoms with Crippen LogP contribution in [0.2, 0.25) is 0 Å². The quantitative estimate of drug-likeness (QED) is 0.868. The molecule has 90 valence electrons. The topological polar surface area (TPSA) is 82.8 Å². The molecular formula is C11H15N5O. The first kappa shape index (κ1) is 10.3. The van der Waals surface area contributed by atoms with Gasteiger partial charge >= 0.3 is 0 Å². The standard InChI is InChI=1S/C11H15N5O/c1-3-7-8(12)9(16(2)15-7)11-14-13-10(17-11)6-4-5-6/h6H,3-5,12H2,1-2H3. The number of aromatic nitrogens is 4. The van der Waals surface area contributed by atoms with Gasteiger partial charge in [0.1, 0.15) is 5.69 Å². The predicted octanol–water partition coefficient (Wildman–Crippen LogP) is 1.49. The summed E-state index contributed by atoms with van der Waals surface area (Å²) in [5, 5.41) is 12.5. The van der Waals surface area contributed by atoms with E-state index in [0.717, 1.165) is 36.5 Å². The van der Waals surface area contributed by atoms with Crippen molar-refractivity contribution >= 4 is 5.69 Å². The van der Waals surface area contributed by atoms with E-state index >= 15 is 0 Å². The van der Waals surface area contributed by atoms with Crippen molar-refractivity contribution in [3.8, 4) is 11.6 Å². The van der Waals surface area contributed by atoms with Crippen molar-refractivity contribution < 1.29 is 4.42 Å². The van der Waals surface area contributed by atoms with Gasteiger partial charge in [-0.2, -0.15) is 5.10 Å². The van der Waals surface area contributed by atoms with Crippen LogP contribution in [0.5, 0.6) is 0 Å². The molecule has 1 aliphatic rings. The van der Waals surface area contributed by atoms with E-state index in [1.54, 1.807) is 4.68 Å². The van der Waals surface area contributed by atoms with Gasteiger partial charge in [-0.05, 0) is 19.3 Å². The predicted molar refractivity (Wildman–Crippen MR) is 62.3 cm³/mol. The Morgan fingerprint density at radius 3 is 2.76 bits per heavy atom. The van der Waals surface area contributed by atoms with Gasteiger partial charge in [-0.1, -0.05) is 6.92 Å². The summed E-state index contributed by atoms with van der Waals surface area (Å²) in [5.74, 6) is 1.65. The van der Waals surface area contributed by atoms with Gasteiger partial charge in [-0.3, -0.25) is 4.68 Å². The molecule has 2 heterocycles. The molecule has 2 aromatic rings. The first-order valence-electron chi connectivity index (χ1n) is 5.85. The Bertz CT molecular complexity index is 552. The summed E-state index contributed by atoms with van der Waals surface area (Å²) in [6.07, 6.45) is 3.08. The van der Waals surface area contributed by atoms with E-state index in [9.17, 15) is 0 Å². The molecule has 3 rings (SSSR count). The molecular weight excluding hydrogens is 218 g/mol. The van der Waals surface area contributed by atoms with Crippen molar-refractivity contribution in [3.05, 3.63) is 11.6 Å². The summed E-state index contributed by atoms with van der Waals surface area (Å²) in [6, 6.07) is 0. The molecule has 0 aliphatic heterocycles. The third-order valence-electron chi connectivity index (χ3n) is 3.07. The molecule has 0 aromatic carbocycles. The minimum atomic E-state index is 0.455. The van der Waals surface area contributed by atoms with E-state index < -0.39 is 0 Å². The Morgan fingerprint density at radius 1 is 1.41 bits per heavy atom. The van der Waals surface area contributed by atoms with Crippen LogP contribution in [-0.4, -0.2) is 20.0 Å².